The van der Waals surface area contributed by atoms with Crippen LogP contribution in [-0.2, 0) is 6.54 Å². The van der Waals surface area contributed by atoms with E-state index in [9.17, 15) is 0 Å². The Labute approximate surface area is 107 Å². The summed E-state index contributed by atoms with van der Waals surface area (Å²) in [5.41, 5.74) is 2.40. The molecule has 0 aliphatic heterocycles. The highest BCUT2D eigenvalue weighted by Gasteiger charge is 2.04. The molecule has 2 rings (SSSR count). The number of para-hydroxylation sites is 1. The molecule has 2 nitrogen and oxygen atoms in total. The Morgan fingerprint density at radius 3 is 2.59 bits per heavy atom. The maximum absolute atomic E-state index is 5.89. The Morgan fingerprint density at radius 1 is 1.18 bits per heavy atom. The van der Waals surface area contributed by atoms with E-state index in [-0.39, 0.29) is 0 Å². The summed E-state index contributed by atoms with van der Waals surface area (Å²) < 4.78 is 0. The van der Waals surface area contributed by atoms with Gasteiger partial charge in [-0.1, -0.05) is 29.8 Å². The molecule has 2 aromatic rings. The van der Waals surface area contributed by atoms with Crippen LogP contribution in [0.3, 0.4) is 0 Å². The molecule has 0 aliphatic rings. The van der Waals surface area contributed by atoms with Crippen molar-refractivity contribution in [1.82, 2.24) is 4.98 Å². The van der Waals surface area contributed by atoms with Crippen molar-refractivity contribution in [3.05, 3.63) is 59.4 Å². The van der Waals surface area contributed by atoms with Gasteiger partial charge in [-0.3, -0.25) is 0 Å². The molecule has 1 aromatic heterocycles. The van der Waals surface area contributed by atoms with Crippen LogP contribution in [0.25, 0.3) is 0 Å². The largest absolute Gasteiger partial charge is 0.367 e. The first-order valence-corrected chi connectivity index (χ1v) is 6.08. The second-order valence-corrected chi connectivity index (χ2v) is 4.22. The van der Waals surface area contributed by atoms with Crippen LogP contribution >= 0.6 is 11.6 Å². The predicted octanol–water partition coefficient (Wildman–Crippen LogP) is 3.76. The number of halogens is 1. The number of rotatable bonds is 4. The Hall–Kier alpha value is -1.54. The molecule has 17 heavy (non-hydrogen) atoms. The fourth-order valence-electron chi connectivity index (χ4n) is 1.79. The van der Waals surface area contributed by atoms with Crippen LogP contribution in [0.15, 0.2) is 48.7 Å². The smallest absolute Gasteiger partial charge is 0.129 e. The Morgan fingerprint density at radius 2 is 1.94 bits per heavy atom. The minimum absolute atomic E-state index is 0.548. The lowest BCUT2D eigenvalue weighted by atomic mass is 10.2. The van der Waals surface area contributed by atoms with Crippen molar-refractivity contribution >= 4 is 17.3 Å². The highest BCUT2D eigenvalue weighted by Crippen LogP contribution is 2.17. The van der Waals surface area contributed by atoms with E-state index in [1.807, 2.05) is 18.2 Å². The third kappa shape index (κ3) is 3.21. The first-order chi connectivity index (χ1) is 8.29. The summed E-state index contributed by atoms with van der Waals surface area (Å²) in [5, 5.41) is 0.548. The van der Waals surface area contributed by atoms with Crippen LogP contribution in [0.1, 0.15) is 12.5 Å². The average Bonchev–Trinajstić information content (AvgIpc) is 2.37. The third-order valence-corrected chi connectivity index (χ3v) is 2.87. The maximum Gasteiger partial charge on any atom is 0.129 e. The average molecular weight is 247 g/mol. The highest BCUT2D eigenvalue weighted by atomic mass is 35.5. The normalized spacial score (nSPS) is 10.2. The monoisotopic (exact) mass is 246 g/mol. The van der Waals surface area contributed by atoms with E-state index < -0.39 is 0 Å². The molecule has 0 fully saturated rings. The second-order valence-electron chi connectivity index (χ2n) is 3.84. The zero-order chi connectivity index (χ0) is 12.1. The number of pyridine rings is 1. The zero-order valence-corrected chi connectivity index (χ0v) is 10.6. The Balaban J connectivity index is 2.16. The molecule has 88 valence electrons. The van der Waals surface area contributed by atoms with Gasteiger partial charge in [0.1, 0.15) is 5.15 Å². The summed E-state index contributed by atoms with van der Waals surface area (Å²) in [7, 11) is 0. The third-order valence-electron chi connectivity index (χ3n) is 2.67. The molecule has 0 atom stereocenters. The van der Waals surface area contributed by atoms with E-state index in [1.54, 1.807) is 6.20 Å². The summed E-state index contributed by atoms with van der Waals surface area (Å²) >= 11 is 5.89. The van der Waals surface area contributed by atoms with Crippen molar-refractivity contribution in [2.45, 2.75) is 13.5 Å². The molecule has 0 saturated heterocycles. The Bertz CT molecular complexity index is 471. The standard InChI is InChI=1S/C14H15ClN2/c1-2-17(13-6-4-3-5-7-13)11-12-8-9-16-14(15)10-12/h3-10H,2,11H2,1H3. The summed E-state index contributed by atoms with van der Waals surface area (Å²) in [4.78, 5) is 6.29. The van der Waals surface area contributed by atoms with E-state index in [2.05, 4.69) is 41.1 Å². The highest BCUT2D eigenvalue weighted by molar-refractivity contribution is 6.29. The molecule has 0 unspecified atom stereocenters. The number of hydrogen-bond acceptors (Lipinski definition) is 2. The summed E-state index contributed by atoms with van der Waals surface area (Å²) in [6.07, 6.45) is 1.75. The molecule has 1 aromatic carbocycles. The molecule has 0 N–H and O–H groups in total. The van der Waals surface area contributed by atoms with Crippen molar-refractivity contribution in [3.63, 3.8) is 0 Å². The van der Waals surface area contributed by atoms with E-state index in [0.29, 0.717) is 5.15 Å². The first-order valence-electron chi connectivity index (χ1n) is 5.70. The van der Waals surface area contributed by atoms with Gasteiger partial charge in [-0.05, 0) is 36.8 Å². The number of aromatic nitrogens is 1. The van der Waals surface area contributed by atoms with Gasteiger partial charge in [0.05, 0.1) is 0 Å². The lowest BCUT2D eigenvalue weighted by Crippen LogP contribution is -2.21. The molecule has 0 saturated carbocycles. The van der Waals surface area contributed by atoms with Crippen LogP contribution in [0.2, 0.25) is 5.15 Å². The first kappa shape index (κ1) is 11.9. The summed E-state index contributed by atoms with van der Waals surface area (Å²) in [6.45, 7) is 3.96. The van der Waals surface area contributed by atoms with Crippen molar-refractivity contribution in [2.75, 3.05) is 11.4 Å². The van der Waals surface area contributed by atoms with Gasteiger partial charge in [-0.25, -0.2) is 4.98 Å². The fourth-order valence-corrected chi connectivity index (χ4v) is 1.98. The van der Waals surface area contributed by atoms with Crippen LogP contribution < -0.4 is 4.90 Å². The van der Waals surface area contributed by atoms with E-state index in [4.69, 9.17) is 11.6 Å². The predicted molar refractivity (Wildman–Crippen MR) is 72.4 cm³/mol. The molecule has 0 spiro atoms. The van der Waals surface area contributed by atoms with E-state index >= 15 is 0 Å². The van der Waals surface area contributed by atoms with Crippen LogP contribution in [0, 0.1) is 0 Å². The molecule has 1 heterocycles. The van der Waals surface area contributed by atoms with Gasteiger partial charge in [-0.2, -0.15) is 0 Å². The SMILES string of the molecule is CCN(Cc1ccnc(Cl)c1)c1ccccc1. The van der Waals surface area contributed by atoms with E-state index in [1.165, 1.54) is 11.3 Å². The van der Waals surface area contributed by atoms with Gasteiger partial charge in [0.25, 0.3) is 0 Å². The van der Waals surface area contributed by atoms with E-state index in [0.717, 1.165) is 13.1 Å². The van der Waals surface area contributed by atoms with Gasteiger partial charge in [-0.15, -0.1) is 0 Å². The lowest BCUT2D eigenvalue weighted by Gasteiger charge is -2.23. The molecular weight excluding hydrogens is 232 g/mol. The van der Waals surface area contributed by atoms with Crippen molar-refractivity contribution in [1.29, 1.82) is 0 Å². The van der Waals surface area contributed by atoms with Gasteiger partial charge in [0.2, 0.25) is 0 Å². The Kier molecular flexibility index (Phi) is 3.99. The van der Waals surface area contributed by atoms with Gasteiger partial charge in [0, 0.05) is 25.0 Å². The quantitative estimate of drug-likeness (QED) is 0.764. The van der Waals surface area contributed by atoms with Gasteiger partial charge < -0.3 is 4.90 Å². The minimum atomic E-state index is 0.548. The van der Waals surface area contributed by atoms with Crippen LogP contribution in [0.5, 0.6) is 0 Å². The lowest BCUT2D eigenvalue weighted by molar-refractivity contribution is 0.830. The fraction of sp³-hybridized carbons (Fsp3) is 0.214. The van der Waals surface area contributed by atoms with Crippen molar-refractivity contribution < 1.29 is 0 Å². The number of benzene rings is 1. The molecule has 3 heteroatoms. The number of anilines is 1. The number of hydrogen-bond donors (Lipinski definition) is 0. The van der Waals surface area contributed by atoms with Crippen molar-refractivity contribution in [2.24, 2.45) is 0 Å². The maximum atomic E-state index is 5.89. The van der Waals surface area contributed by atoms with Crippen molar-refractivity contribution in [3.8, 4) is 0 Å². The van der Waals surface area contributed by atoms with Crippen LogP contribution in [-0.4, -0.2) is 11.5 Å². The summed E-state index contributed by atoms with van der Waals surface area (Å²) in [5.74, 6) is 0. The molecule has 0 aliphatic carbocycles. The van der Waals surface area contributed by atoms with Gasteiger partial charge in [0.15, 0.2) is 0 Å². The molecular formula is C14H15ClN2. The summed E-state index contributed by atoms with van der Waals surface area (Å²) in [6, 6.07) is 14.3. The topological polar surface area (TPSA) is 16.1 Å². The molecule has 0 radical (unpaired) electrons. The molecule has 0 amide bonds. The number of nitrogens with zero attached hydrogens (tertiary/aromatic N) is 2. The van der Waals surface area contributed by atoms with Gasteiger partial charge >= 0.3 is 0 Å². The minimum Gasteiger partial charge on any atom is -0.367 e. The second kappa shape index (κ2) is 5.69. The van der Waals surface area contributed by atoms with Crippen LogP contribution in [0.4, 0.5) is 5.69 Å². The zero-order valence-electron chi connectivity index (χ0n) is 9.81. The molecule has 0 bridgehead atoms.